The van der Waals surface area contributed by atoms with E-state index in [-0.39, 0.29) is 11.2 Å². The Kier molecular flexibility index (Phi) is 3.52. The second-order valence-corrected chi connectivity index (χ2v) is 9.21. The fourth-order valence-electron chi connectivity index (χ4n) is 4.65. The molecular weight excluding hydrogens is 371 g/mol. The summed E-state index contributed by atoms with van der Waals surface area (Å²) in [5.41, 5.74) is 2.13. The van der Waals surface area contributed by atoms with Gasteiger partial charge < -0.3 is 13.7 Å². The molecular formula is C26H23BO3. The lowest BCUT2D eigenvalue weighted by atomic mass is 9.74. The van der Waals surface area contributed by atoms with E-state index in [1.807, 2.05) is 12.1 Å². The van der Waals surface area contributed by atoms with Crippen LogP contribution in [0.2, 0.25) is 0 Å². The average molecular weight is 394 g/mol. The zero-order chi connectivity index (χ0) is 20.7. The van der Waals surface area contributed by atoms with Crippen LogP contribution in [-0.2, 0) is 9.31 Å². The van der Waals surface area contributed by atoms with Gasteiger partial charge in [-0.1, -0.05) is 60.7 Å². The Labute approximate surface area is 175 Å². The molecule has 148 valence electrons. The molecule has 0 spiro atoms. The van der Waals surface area contributed by atoms with E-state index in [0.29, 0.717) is 0 Å². The van der Waals surface area contributed by atoms with Crippen LogP contribution in [-0.4, -0.2) is 18.3 Å². The zero-order valence-corrected chi connectivity index (χ0v) is 17.7. The van der Waals surface area contributed by atoms with E-state index in [9.17, 15) is 0 Å². The van der Waals surface area contributed by atoms with E-state index in [2.05, 4.69) is 82.3 Å². The first-order valence-corrected chi connectivity index (χ1v) is 10.5. The standard InChI is InChI=1S/C26H23BO3/c1-25(2)26(3,4)30-27(29-25)20-14-9-13-19-22(20)16-10-5-6-11-17(16)24-23(19)18-12-7-8-15-21(18)28-24/h5-15H,1-4H3. The topological polar surface area (TPSA) is 31.6 Å². The Bertz CT molecular complexity index is 1450. The number of fused-ring (bicyclic) bond motifs is 8. The third-order valence-electron chi connectivity index (χ3n) is 6.91. The molecule has 0 radical (unpaired) electrons. The minimum Gasteiger partial charge on any atom is -0.455 e. The fraction of sp³-hybridized carbons (Fsp3) is 0.231. The maximum Gasteiger partial charge on any atom is 0.495 e. The Balaban J connectivity index is 1.77. The third kappa shape index (κ3) is 2.29. The average Bonchev–Trinajstić information content (AvgIpc) is 3.22. The molecule has 4 aromatic carbocycles. The highest BCUT2D eigenvalue weighted by Crippen LogP contribution is 2.42. The zero-order valence-electron chi connectivity index (χ0n) is 17.7. The molecule has 3 nitrogen and oxygen atoms in total. The molecule has 0 unspecified atom stereocenters. The van der Waals surface area contributed by atoms with E-state index in [1.165, 1.54) is 10.8 Å². The molecule has 1 aromatic heterocycles. The van der Waals surface area contributed by atoms with Gasteiger partial charge in [-0.3, -0.25) is 0 Å². The first-order valence-electron chi connectivity index (χ1n) is 10.5. The molecule has 5 aromatic rings. The molecule has 1 aliphatic heterocycles. The summed E-state index contributed by atoms with van der Waals surface area (Å²) >= 11 is 0. The molecule has 1 aliphatic rings. The monoisotopic (exact) mass is 394 g/mol. The lowest BCUT2D eigenvalue weighted by Gasteiger charge is -2.32. The van der Waals surface area contributed by atoms with Crippen molar-refractivity contribution < 1.29 is 13.7 Å². The van der Waals surface area contributed by atoms with Crippen molar-refractivity contribution in [2.45, 2.75) is 38.9 Å². The van der Waals surface area contributed by atoms with Crippen molar-refractivity contribution >= 4 is 56.1 Å². The SMILES string of the molecule is CC1(C)OB(c2cccc3c2c2ccccc2c2oc4ccccc4c32)OC1(C)C. The first-order chi connectivity index (χ1) is 14.4. The highest BCUT2D eigenvalue weighted by atomic mass is 16.7. The van der Waals surface area contributed by atoms with Crippen LogP contribution in [0.3, 0.4) is 0 Å². The molecule has 2 heterocycles. The molecule has 1 fully saturated rings. The Morgan fingerprint density at radius 1 is 0.600 bits per heavy atom. The van der Waals surface area contributed by atoms with E-state index in [4.69, 9.17) is 13.7 Å². The van der Waals surface area contributed by atoms with Gasteiger partial charge >= 0.3 is 7.12 Å². The normalized spacial score (nSPS) is 18.2. The van der Waals surface area contributed by atoms with Crippen molar-refractivity contribution in [3.8, 4) is 0 Å². The molecule has 0 bridgehead atoms. The van der Waals surface area contributed by atoms with Gasteiger partial charge in [0.05, 0.1) is 11.2 Å². The van der Waals surface area contributed by atoms with Crippen molar-refractivity contribution in [1.82, 2.24) is 0 Å². The summed E-state index contributed by atoms with van der Waals surface area (Å²) in [5.74, 6) is 0. The van der Waals surface area contributed by atoms with Crippen LogP contribution < -0.4 is 5.46 Å². The van der Waals surface area contributed by atoms with Crippen molar-refractivity contribution in [3.63, 3.8) is 0 Å². The molecule has 6 rings (SSSR count). The largest absolute Gasteiger partial charge is 0.495 e. The fourth-order valence-corrected chi connectivity index (χ4v) is 4.65. The van der Waals surface area contributed by atoms with Gasteiger partial charge in [-0.05, 0) is 55.4 Å². The van der Waals surface area contributed by atoms with Crippen LogP contribution in [0.1, 0.15) is 27.7 Å². The molecule has 0 aliphatic carbocycles. The van der Waals surface area contributed by atoms with Gasteiger partial charge in [-0.25, -0.2) is 0 Å². The number of rotatable bonds is 1. The van der Waals surface area contributed by atoms with Crippen LogP contribution in [0.15, 0.2) is 71.1 Å². The third-order valence-corrected chi connectivity index (χ3v) is 6.91. The van der Waals surface area contributed by atoms with Crippen LogP contribution >= 0.6 is 0 Å². The molecule has 30 heavy (non-hydrogen) atoms. The van der Waals surface area contributed by atoms with Crippen molar-refractivity contribution in [2.24, 2.45) is 0 Å². The molecule has 0 N–H and O–H groups in total. The number of para-hydroxylation sites is 1. The van der Waals surface area contributed by atoms with Gasteiger partial charge in [0.2, 0.25) is 0 Å². The Morgan fingerprint density at radius 2 is 1.20 bits per heavy atom. The number of hydrogen-bond donors (Lipinski definition) is 0. The maximum absolute atomic E-state index is 6.44. The lowest BCUT2D eigenvalue weighted by Crippen LogP contribution is -2.41. The summed E-state index contributed by atoms with van der Waals surface area (Å²) in [7, 11) is -0.419. The summed E-state index contributed by atoms with van der Waals surface area (Å²) in [6.07, 6.45) is 0. The predicted octanol–water partition coefficient (Wildman–Crippen LogP) is 6.19. The second-order valence-electron chi connectivity index (χ2n) is 9.21. The van der Waals surface area contributed by atoms with Gasteiger partial charge in [0, 0.05) is 16.2 Å². The highest BCUT2D eigenvalue weighted by Gasteiger charge is 2.52. The molecule has 4 heteroatoms. The van der Waals surface area contributed by atoms with Crippen LogP contribution in [0.4, 0.5) is 0 Å². The smallest absolute Gasteiger partial charge is 0.455 e. The molecule has 0 saturated carbocycles. The maximum atomic E-state index is 6.44. The van der Waals surface area contributed by atoms with E-state index in [1.54, 1.807) is 0 Å². The van der Waals surface area contributed by atoms with E-state index >= 15 is 0 Å². The van der Waals surface area contributed by atoms with Crippen LogP contribution in [0.25, 0.3) is 43.5 Å². The second kappa shape index (κ2) is 5.87. The van der Waals surface area contributed by atoms with Crippen molar-refractivity contribution in [1.29, 1.82) is 0 Å². The number of benzene rings is 4. The number of furan rings is 1. The summed E-state index contributed by atoms with van der Waals surface area (Å²) < 4.78 is 19.2. The number of hydrogen-bond acceptors (Lipinski definition) is 3. The van der Waals surface area contributed by atoms with Crippen LogP contribution in [0, 0.1) is 0 Å². The summed E-state index contributed by atoms with van der Waals surface area (Å²) in [4.78, 5) is 0. The minimum atomic E-state index is -0.419. The minimum absolute atomic E-state index is 0.387. The van der Waals surface area contributed by atoms with Gasteiger partial charge in [0.1, 0.15) is 11.2 Å². The predicted molar refractivity (Wildman–Crippen MR) is 124 cm³/mol. The summed E-state index contributed by atoms with van der Waals surface area (Å²) in [5, 5.41) is 6.89. The van der Waals surface area contributed by atoms with Crippen LogP contribution in [0.5, 0.6) is 0 Å². The van der Waals surface area contributed by atoms with Gasteiger partial charge in [-0.15, -0.1) is 0 Å². The van der Waals surface area contributed by atoms with Gasteiger partial charge in [0.15, 0.2) is 0 Å². The molecule has 1 saturated heterocycles. The van der Waals surface area contributed by atoms with Gasteiger partial charge in [0.25, 0.3) is 0 Å². The van der Waals surface area contributed by atoms with E-state index in [0.717, 1.165) is 38.2 Å². The summed E-state index contributed by atoms with van der Waals surface area (Å²) in [6.45, 7) is 8.38. The first kappa shape index (κ1) is 18.0. The summed E-state index contributed by atoms with van der Waals surface area (Å²) in [6, 6.07) is 23.1. The van der Waals surface area contributed by atoms with Gasteiger partial charge in [-0.2, -0.15) is 0 Å². The quantitative estimate of drug-likeness (QED) is 0.251. The van der Waals surface area contributed by atoms with Crippen molar-refractivity contribution in [2.75, 3.05) is 0 Å². The Morgan fingerprint density at radius 3 is 1.93 bits per heavy atom. The molecule has 0 atom stereocenters. The highest BCUT2D eigenvalue weighted by molar-refractivity contribution is 6.66. The van der Waals surface area contributed by atoms with E-state index < -0.39 is 7.12 Å². The Hall–Kier alpha value is -2.82. The lowest BCUT2D eigenvalue weighted by molar-refractivity contribution is 0.00578. The van der Waals surface area contributed by atoms with Crippen molar-refractivity contribution in [3.05, 3.63) is 66.7 Å². The molecule has 0 amide bonds.